The molecule has 2 bridgehead atoms. The Labute approximate surface area is 305 Å². The second-order valence-corrected chi connectivity index (χ2v) is 13.8. The smallest absolute Gasteiger partial charge is 0.271 e. The van der Waals surface area contributed by atoms with Crippen molar-refractivity contribution >= 4 is 46.8 Å². The summed E-state index contributed by atoms with van der Waals surface area (Å²) in [6.45, 7) is 5.77. The Bertz CT molecular complexity index is 1790. The first-order valence-corrected chi connectivity index (χ1v) is 17.6. The Morgan fingerprint density at radius 1 is 0.962 bits per heavy atom. The number of hydrogen-bond donors (Lipinski definition) is 4. The Morgan fingerprint density at radius 3 is 2.33 bits per heavy atom. The van der Waals surface area contributed by atoms with E-state index in [-0.39, 0.29) is 36.0 Å². The van der Waals surface area contributed by atoms with Gasteiger partial charge in [-0.05, 0) is 49.9 Å². The normalized spacial score (nSPS) is 21.4. The van der Waals surface area contributed by atoms with E-state index in [0.717, 1.165) is 23.0 Å². The number of methoxy groups -OCH3 is 1. The van der Waals surface area contributed by atoms with Crippen LogP contribution in [0.4, 0.5) is 4.39 Å². The topological polar surface area (TPSA) is 179 Å². The molecular formula is C36H44FN7O7S. The Hall–Kier alpha value is -5.38. The zero-order chi connectivity index (χ0) is 38.1. The number of nitrogens with zero attached hydrogens (tertiary/aromatic N) is 3. The molecule has 1 aliphatic rings. The number of nitrogens with one attached hydrogen (secondary N) is 4. The van der Waals surface area contributed by atoms with Crippen molar-refractivity contribution in [1.82, 2.24) is 36.1 Å². The summed E-state index contributed by atoms with van der Waals surface area (Å²) in [6, 6.07) is 9.16. The molecule has 0 unspecified atom stereocenters. The highest BCUT2D eigenvalue weighted by Crippen LogP contribution is 2.23. The molecule has 2 heterocycles. The molecular weight excluding hydrogens is 694 g/mol. The van der Waals surface area contributed by atoms with Gasteiger partial charge < -0.3 is 35.8 Å². The summed E-state index contributed by atoms with van der Waals surface area (Å²) < 4.78 is 19.6. The van der Waals surface area contributed by atoms with Crippen LogP contribution >= 0.6 is 11.3 Å². The SMILES string of the molecule is COc1ccc(C(=O)N2CCN(C)C(=O)[C@@H](C)NC(=O)[C@H](C(C)C)NC(=O)[C@H](C)NC(=O)c3csc(n3)[C@H](Cc3ccccc3)NC(=O)C2)cc1F. The lowest BCUT2D eigenvalue weighted by Gasteiger charge is -2.29. The van der Waals surface area contributed by atoms with Crippen LogP contribution in [-0.4, -0.2) is 102 Å². The minimum Gasteiger partial charge on any atom is -0.494 e. The molecule has 52 heavy (non-hydrogen) atoms. The first-order valence-electron chi connectivity index (χ1n) is 16.8. The van der Waals surface area contributed by atoms with E-state index in [9.17, 15) is 33.2 Å². The average molecular weight is 738 g/mol. The molecule has 4 N–H and O–H groups in total. The van der Waals surface area contributed by atoms with Crippen molar-refractivity contribution in [3.8, 4) is 5.75 Å². The van der Waals surface area contributed by atoms with Crippen molar-refractivity contribution in [2.24, 2.45) is 5.92 Å². The predicted molar refractivity (Wildman–Crippen MR) is 191 cm³/mol. The summed E-state index contributed by atoms with van der Waals surface area (Å²) in [7, 11) is 2.78. The number of amides is 6. The first-order chi connectivity index (χ1) is 24.7. The maximum absolute atomic E-state index is 14.7. The molecule has 0 radical (unpaired) electrons. The van der Waals surface area contributed by atoms with Crippen molar-refractivity contribution in [2.45, 2.75) is 58.3 Å². The number of halogens is 1. The molecule has 3 aromatic rings. The third kappa shape index (κ3) is 10.1. The summed E-state index contributed by atoms with van der Waals surface area (Å²) in [4.78, 5) is 87.4. The van der Waals surface area contributed by atoms with Gasteiger partial charge in [-0.25, -0.2) is 9.37 Å². The zero-order valence-electron chi connectivity index (χ0n) is 29.9. The van der Waals surface area contributed by atoms with E-state index in [4.69, 9.17) is 4.74 Å². The fraction of sp³-hybridized carbons (Fsp3) is 0.417. The van der Waals surface area contributed by atoms with Crippen molar-refractivity contribution in [3.63, 3.8) is 0 Å². The van der Waals surface area contributed by atoms with Gasteiger partial charge in [0.05, 0.1) is 19.7 Å². The van der Waals surface area contributed by atoms with Gasteiger partial charge in [0.15, 0.2) is 11.6 Å². The summed E-state index contributed by atoms with van der Waals surface area (Å²) in [5.74, 6) is -4.81. The predicted octanol–water partition coefficient (Wildman–Crippen LogP) is 2.07. The number of hydrogen-bond acceptors (Lipinski definition) is 9. The van der Waals surface area contributed by atoms with Gasteiger partial charge in [-0.3, -0.25) is 28.8 Å². The number of ether oxygens (including phenoxy) is 1. The number of likely N-dealkylation sites (N-methyl/N-ethyl adjacent to an activating group) is 1. The number of fused-ring (bicyclic) bond motifs is 2. The molecule has 16 heteroatoms. The highest BCUT2D eigenvalue weighted by atomic mass is 32.1. The van der Waals surface area contributed by atoms with Crippen molar-refractivity contribution in [2.75, 3.05) is 33.8 Å². The third-order valence-corrected chi connectivity index (χ3v) is 9.45. The number of aromatic nitrogens is 1. The van der Waals surface area contributed by atoms with Gasteiger partial charge in [0, 0.05) is 31.1 Å². The molecule has 1 aliphatic heterocycles. The van der Waals surface area contributed by atoms with E-state index in [2.05, 4.69) is 26.3 Å². The molecule has 4 rings (SSSR count). The molecule has 278 valence electrons. The van der Waals surface area contributed by atoms with Gasteiger partial charge in [-0.15, -0.1) is 11.3 Å². The largest absolute Gasteiger partial charge is 0.494 e. The van der Waals surface area contributed by atoms with Gasteiger partial charge in [0.25, 0.3) is 11.8 Å². The van der Waals surface area contributed by atoms with Gasteiger partial charge in [-0.1, -0.05) is 44.2 Å². The number of rotatable bonds is 5. The fourth-order valence-corrected chi connectivity index (χ4v) is 6.32. The van der Waals surface area contributed by atoms with E-state index in [0.29, 0.717) is 11.4 Å². The van der Waals surface area contributed by atoms with Crippen LogP contribution in [0.3, 0.4) is 0 Å². The number of carbonyl (C=O) groups is 6. The van der Waals surface area contributed by atoms with Crippen molar-refractivity contribution in [1.29, 1.82) is 0 Å². The van der Waals surface area contributed by atoms with Crippen LogP contribution in [0.1, 0.15) is 65.2 Å². The van der Waals surface area contributed by atoms with Gasteiger partial charge in [0.1, 0.15) is 28.8 Å². The number of carbonyl (C=O) groups excluding carboxylic acids is 6. The van der Waals surface area contributed by atoms with Crippen LogP contribution in [0.2, 0.25) is 0 Å². The molecule has 0 fully saturated rings. The Kier molecular flexibility index (Phi) is 13.4. The lowest BCUT2D eigenvalue weighted by Crippen LogP contribution is -2.57. The maximum atomic E-state index is 14.7. The lowest BCUT2D eigenvalue weighted by molar-refractivity contribution is -0.136. The van der Waals surface area contributed by atoms with E-state index in [1.54, 1.807) is 13.8 Å². The summed E-state index contributed by atoms with van der Waals surface area (Å²) in [6.07, 6.45) is 0.296. The summed E-state index contributed by atoms with van der Waals surface area (Å²) >= 11 is 1.14. The third-order valence-electron chi connectivity index (χ3n) is 8.49. The van der Waals surface area contributed by atoms with Crippen LogP contribution in [-0.2, 0) is 25.6 Å². The van der Waals surface area contributed by atoms with E-state index < -0.39 is 72.0 Å². The fourth-order valence-electron chi connectivity index (χ4n) is 5.48. The molecule has 6 amide bonds. The molecule has 0 saturated heterocycles. The van der Waals surface area contributed by atoms with Crippen LogP contribution in [0.25, 0.3) is 0 Å². The van der Waals surface area contributed by atoms with Gasteiger partial charge in [-0.2, -0.15) is 0 Å². The first kappa shape index (κ1) is 39.4. The molecule has 1 aromatic heterocycles. The average Bonchev–Trinajstić information content (AvgIpc) is 3.61. The van der Waals surface area contributed by atoms with Crippen LogP contribution in [0.5, 0.6) is 5.75 Å². The van der Waals surface area contributed by atoms with E-state index in [1.807, 2.05) is 30.3 Å². The summed E-state index contributed by atoms with van der Waals surface area (Å²) in [5, 5.41) is 12.7. The van der Waals surface area contributed by atoms with Gasteiger partial charge in [0.2, 0.25) is 23.6 Å². The second-order valence-electron chi connectivity index (χ2n) is 12.9. The standard InChI is InChI=1S/C36H44FN7O7S/c1-20(2)30-33(48)39-22(4)35(49)43(5)14-15-44(36(50)24-12-13-28(51-6)25(37)17-24)18-29(45)40-26(16-23-10-8-7-9-11-23)34-41-27(19-52-34)32(47)38-21(3)31(46)42-30/h7-13,17,19-22,26,30H,14-16,18H2,1-6H3,(H,38,47)(H,39,48)(H,40,45)(H,42,46)/t21-,22+,26-,30-/m0/s1. The molecule has 0 spiro atoms. The van der Waals surface area contributed by atoms with Crippen molar-refractivity contribution in [3.05, 3.63) is 81.6 Å². The highest BCUT2D eigenvalue weighted by molar-refractivity contribution is 7.09. The van der Waals surface area contributed by atoms with Crippen molar-refractivity contribution < 1.29 is 37.9 Å². The Morgan fingerprint density at radius 2 is 1.67 bits per heavy atom. The highest BCUT2D eigenvalue weighted by Gasteiger charge is 2.31. The molecule has 0 saturated carbocycles. The monoisotopic (exact) mass is 737 g/mol. The number of thiazole rings is 1. The Balaban J connectivity index is 1.70. The maximum Gasteiger partial charge on any atom is 0.271 e. The molecule has 4 atom stereocenters. The second kappa shape index (κ2) is 17.7. The molecule has 0 aliphatic carbocycles. The minimum absolute atomic E-state index is 0.0183. The zero-order valence-corrected chi connectivity index (χ0v) is 30.7. The van der Waals surface area contributed by atoms with Crippen LogP contribution < -0.4 is 26.0 Å². The van der Waals surface area contributed by atoms with Crippen LogP contribution in [0.15, 0.2) is 53.9 Å². The van der Waals surface area contributed by atoms with E-state index >= 15 is 0 Å². The quantitative estimate of drug-likeness (QED) is 0.308. The van der Waals surface area contributed by atoms with Gasteiger partial charge >= 0.3 is 0 Å². The molecule has 14 nitrogen and oxygen atoms in total. The number of benzene rings is 2. The lowest BCUT2D eigenvalue weighted by atomic mass is 10.0. The van der Waals surface area contributed by atoms with E-state index in [1.165, 1.54) is 55.3 Å². The minimum atomic E-state index is -1.05. The summed E-state index contributed by atoms with van der Waals surface area (Å²) in [5.41, 5.74) is 0.840. The molecule has 2 aromatic carbocycles. The van der Waals surface area contributed by atoms with Crippen LogP contribution in [0, 0.1) is 11.7 Å².